The number of nitrogens with zero attached hydrogens (tertiary/aromatic N) is 1. The number of benzene rings is 2. The fourth-order valence-electron chi connectivity index (χ4n) is 2.26. The third kappa shape index (κ3) is 2.56. The number of nitro benzene ring substituents is 1. The van der Waals surface area contributed by atoms with Crippen LogP contribution in [0, 0.1) is 10.1 Å². The van der Waals surface area contributed by atoms with Crippen molar-refractivity contribution in [3.63, 3.8) is 0 Å². The average molecular weight is 326 g/mol. The normalized spacial score (nSPS) is 10.5. The van der Waals surface area contributed by atoms with Gasteiger partial charge in [-0.2, -0.15) is 0 Å². The third-order valence-electron chi connectivity index (χ3n) is 3.36. The Morgan fingerprint density at radius 2 is 1.79 bits per heavy atom. The van der Waals surface area contributed by atoms with Gasteiger partial charge in [0.05, 0.1) is 10.3 Å². The minimum atomic E-state index is -1.04. The summed E-state index contributed by atoms with van der Waals surface area (Å²) in [5.74, 6) is -1.54. The molecule has 0 fully saturated rings. The van der Waals surface area contributed by atoms with Crippen molar-refractivity contribution < 1.29 is 19.2 Å². The van der Waals surface area contributed by atoms with Crippen molar-refractivity contribution in [2.75, 3.05) is 5.32 Å². The fourth-order valence-corrected chi connectivity index (χ4v) is 2.26. The number of hydrogen-bond acceptors (Lipinski definition) is 6. The van der Waals surface area contributed by atoms with Crippen LogP contribution >= 0.6 is 0 Å². The summed E-state index contributed by atoms with van der Waals surface area (Å²) in [5.41, 5.74) is -1.97. The molecule has 1 amide bonds. The maximum absolute atomic E-state index is 12.3. The van der Waals surface area contributed by atoms with Crippen LogP contribution in [0.2, 0.25) is 0 Å². The van der Waals surface area contributed by atoms with Crippen LogP contribution < -0.4 is 10.9 Å². The molecule has 0 aliphatic heterocycles. The Hall–Kier alpha value is -3.68. The molecule has 0 aliphatic rings. The predicted molar refractivity (Wildman–Crippen MR) is 85.2 cm³/mol. The summed E-state index contributed by atoms with van der Waals surface area (Å²) in [5, 5.41) is 23.6. The molecule has 2 N–H and O–H groups in total. The van der Waals surface area contributed by atoms with Crippen LogP contribution in [0.3, 0.4) is 0 Å². The Bertz CT molecular complexity index is 1020. The van der Waals surface area contributed by atoms with E-state index >= 15 is 0 Å². The van der Waals surface area contributed by atoms with E-state index in [4.69, 9.17) is 4.42 Å². The molecule has 0 radical (unpaired) electrons. The van der Waals surface area contributed by atoms with Gasteiger partial charge in [-0.15, -0.1) is 0 Å². The van der Waals surface area contributed by atoms with Gasteiger partial charge in [0, 0.05) is 6.07 Å². The Morgan fingerprint density at radius 3 is 2.54 bits per heavy atom. The highest BCUT2D eigenvalue weighted by molar-refractivity contribution is 6.09. The molecule has 0 atom stereocenters. The van der Waals surface area contributed by atoms with E-state index < -0.39 is 27.8 Å². The second-order valence-electron chi connectivity index (χ2n) is 4.84. The minimum absolute atomic E-state index is 0.0977. The molecule has 2 aromatic carbocycles. The van der Waals surface area contributed by atoms with Crippen molar-refractivity contribution in [3.8, 4) is 5.75 Å². The minimum Gasteiger partial charge on any atom is -0.506 e. The number of hydrogen-bond donors (Lipinski definition) is 2. The zero-order valence-corrected chi connectivity index (χ0v) is 12.1. The molecule has 24 heavy (non-hydrogen) atoms. The first kappa shape index (κ1) is 15.2. The summed E-state index contributed by atoms with van der Waals surface area (Å²) in [7, 11) is 0. The van der Waals surface area contributed by atoms with Crippen molar-refractivity contribution in [2.45, 2.75) is 0 Å². The van der Waals surface area contributed by atoms with Gasteiger partial charge in [0.2, 0.25) is 0 Å². The number of para-hydroxylation sites is 3. The van der Waals surface area contributed by atoms with E-state index in [2.05, 4.69) is 5.32 Å². The number of amides is 1. The van der Waals surface area contributed by atoms with Crippen molar-refractivity contribution in [1.29, 1.82) is 0 Å². The van der Waals surface area contributed by atoms with Crippen LogP contribution in [0.1, 0.15) is 10.4 Å². The summed E-state index contributed by atoms with van der Waals surface area (Å²) in [6.07, 6.45) is 0. The summed E-state index contributed by atoms with van der Waals surface area (Å²) < 4.78 is 5.00. The van der Waals surface area contributed by atoms with Crippen LogP contribution in [0.4, 0.5) is 11.4 Å². The van der Waals surface area contributed by atoms with Crippen molar-refractivity contribution in [2.24, 2.45) is 0 Å². The van der Waals surface area contributed by atoms with Crippen molar-refractivity contribution in [3.05, 3.63) is 74.6 Å². The highest BCUT2D eigenvalue weighted by atomic mass is 16.6. The first-order valence-corrected chi connectivity index (χ1v) is 6.78. The van der Waals surface area contributed by atoms with E-state index in [1.807, 2.05) is 0 Å². The topological polar surface area (TPSA) is 123 Å². The average Bonchev–Trinajstić information content (AvgIpc) is 2.55. The zero-order valence-electron chi connectivity index (χ0n) is 12.1. The number of rotatable bonds is 3. The molecule has 0 unspecified atom stereocenters. The number of carbonyl (C=O) groups is 1. The number of anilines is 1. The van der Waals surface area contributed by atoms with Crippen LogP contribution in [0.25, 0.3) is 11.0 Å². The maximum Gasteiger partial charge on any atom is 0.353 e. The van der Waals surface area contributed by atoms with Gasteiger partial charge >= 0.3 is 5.63 Å². The molecule has 3 aromatic rings. The van der Waals surface area contributed by atoms with E-state index in [0.29, 0.717) is 0 Å². The van der Waals surface area contributed by atoms with Crippen LogP contribution in [-0.4, -0.2) is 15.9 Å². The second kappa shape index (κ2) is 5.84. The smallest absolute Gasteiger partial charge is 0.353 e. The molecule has 8 nitrogen and oxygen atoms in total. The van der Waals surface area contributed by atoms with E-state index in [0.717, 1.165) is 0 Å². The van der Waals surface area contributed by atoms with Crippen molar-refractivity contribution >= 4 is 28.3 Å². The molecular weight excluding hydrogens is 316 g/mol. The number of fused-ring (bicyclic) bond motifs is 1. The van der Waals surface area contributed by atoms with Gasteiger partial charge in [0.15, 0.2) is 5.56 Å². The standard InChI is InChI=1S/C16H10N2O6/c19-14-9-5-1-4-8-12(9)24-16(21)13(14)15(20)17-10-6-2-3-7-11(10)18(22)23/h1-8,19H,(H,17,20). The number of aromatic hydroxyl groups is 1. The lowest BCUT2D eigenvalue weighted by Crippen LogP contribution is -2.21. The molecule has 8 heteroatoms. The van der Waals surface area contributed by atoms with Crippen LogP contribution in [0.15, 0.2) is 57.7 Å². The van der Waals surface area contributed by atoms with Crippen LogP contribution in [0.5, 0.6) is 5.75 Å². The number of nitro groups is 1. The number of carbonyl (C=O) groups excluding carboxylic acids is 1. The molecule has 0 spiro atoms. The molecule has 0 aliphatic carbocycles. The Balaban J connectivity index is 2.07. The highest BCUT2D eigenvalue weighted by Gasteiger charge is 2.23. The van der Waals surface area contributed by atoms with E-state index in [-0.39, 0.29) is 22.3 Å². The SMILES string of the molecule is O=C(Nc1ccccc1[N+](=O)[O-])c1c(O)c2ccccc2oc1=O. The van der Waals surface area contributed by atoms with Gasteiger partial charge in [-0.05, 0) is 18.2 Å². The Morgan fingerprint density at radius 1 is 1.12 bits per heavy atom. The summed E-state index contributed by atoms with van der Waals surface area (Å²) in [6, 6.07) is 11.6. The molecule has 0 bridgehead atoms. The lowest BCUT2D eigenvalue weighted by atomic mass is 10.1. The lowest BCUT2D eigenvalue weighted by Gasteiger charge is -2.07. The third-order valence-corrected chi connectivity index (χ3v) is 3.36. The van der Waals surface area contributed by atoms with Gasteiger partial charge < -0.3 is 14.8 Å². The molecule has 1 aromatic heterocycles. The van der Waals surface area contributed by atoms with E-state index in [9.17, 15) is 24.8 Å². The maximum atomic E-state index is 12.3. The molecule has 3 rings (SSSR count). The fraction of sp³-hybridized carbons (Fsp3) is 0. The molecule has 120 valence electrons. The van der Waals surface area contributed by atoms with Gasteiger partial charge in [0.1, 0.15) is 17.0 Å². The largest absolute Gasteiger partial charge is 0.506 e. The summed E-state index contributed by atoms with van der Waals surface area (Å²) in [4.78, 5) is 34.6. The first-order valence-electron chi connectivity index (χ1n) is 6.78. The van der Waals surface area contributed by atoms with Gasteiger partial charge in [-0.3, -0.25) is 14.9 Å². The molecule has 0 saturated carbocycles. The van der Waals surface area contributed by atoms with E-state index in [1.54, 1.807) is 12.1 Å². The van der Waals surface area contributed by atoms with Gasteiger partial charge in [-0.1, -0.05) is 24.3 Å². The summed E-state index contributed by atoms with van der Waals surface area (Å²) >= 11 is 0. The van der Waals surface area contributed by atoms with E-state index in [1.165, 1.54) is 36.4 Å². The van der Waals surface area contributed by atoms with Crippen molar-refractivity contribution in [1.82, 2.24) is 0 Å². The second-order valence-corrected chi connectivity index (χ2v) is 4.84. The molecule has 0 saturated heterocycles. The first-order chi connectivity index (χ1) is 11.5. The molecule has 1 heterocycles. The van der Waals surface area contributed by atoms with Gasteiger partial charge in [-0.25, -0.2) is 4.79 Å². The van der Waals surface area contributed by atoms with Crippen LogP contribution in [-0.2, 0) is 0 Å². The zero-order chi connectivity index (χ0) is 17.3. The number of nitrogens with one attached hydrogen (secondary N) is 1. The Labute approximate surface area is 134 Å². The Kier molecular flexibility index (Phi) is 3.70. The summed E-state index contributed by atoms with van der Waals surface area (Å²) in [6.45, 7) is 0. The highest BCUT2D eigenvalue weighted by Crippen LogP contribution is 2.28. The predicted octanol–water partition coefficient (Wildman–Crippen LogP) is 2.66. The lowest BCUT2D eigenvalue weighted by molar-refractivity contribution is -0.383. The quantitative estimate of drug-likeness (QED) is 0.433. The monoisotopic (exact) mass is 326 g/mol. The molecular formula is C16H10N2O6. The van der Waals surface area contributed by atoms with Gasteiger partial charge in [0.25, 0.3) is 11.6 Å².